The average Bonchev–Trinajstić information content (AvgIpc) is 1.58. The topological polar surface area (TPSA) is 52.4 Å². The summed E-state index contributed by atoms with van der Waals surface area (Å²) in [5.74, 6) is 0. The number of furan rings is 3. The second-order valence-electron chi connectivity index (χ2n) is 37.5. The highest BCUT2D eigenvalue weighted by molar-refractivity contribution is 7.39. The lowest BCUT2D eigenvalue weighted by Gasteiger charge is -2.28. The largest absolute Gasteiger partial charge is 0.456 e. The zero-order valence-corrected chi connectivity index (χ0v) is 87.2. The molecule has 33 aromatic rings. The molecule has 0 atom stereocenters. The zero-order chi connectivity index (χ0) is 98.5. The molecule has 0 amide bonds. The zero-order valence-electron chi connectivity index (χ0n) is 79.9. The van der Waals surface area contributed by atoms with Gasteiger partial charge in [0.05, 0.1) is 43.3 Å². The second kappa shape index (κ2) is 36.6. The van der Waals surface area contributed by atoms with Gasteiger partial charge in [-0.05, 0) is 212 Å². The minimum Gasteiger partial charge on any atom is -0.456 e. The van der Waals surface area contributed by atoms with Gasteiger partial charge in [0.15, 0.2) is 0 Å². The molecule has 0 radical (unpaired) electrons. The number of nitrogens with zero attached hydrogens (tertiary/aromatic N) is 4. The Balaban J connectivity index is 0.0000000921. The maximum absolute atomic E-state index is 6.19. The molecule has 0 saturated carbocycles. The third-order valence-corrected chi connectivity index (χ3v) is 39.9. The lowest BCUT2D eigenvalue weighted by molar-refractivity contribution is 0.668. The fraction of sp³-hybridized carbons (Fsp3) is 0. The summed E-state index contributed by atoms with van der Waals surface area (Å²) in [5, 5.41) is 20.3. The van der Waals surface area contributed by atoms with Gasteiger partial charge in [-0.1, -0.05) is 279 Å². The molecule has 0 aliphatic carbocycles. The molecule has 708 valence electrons. The van der Waals surface area contributed by atoms with Gasteiger partial charge in [-0.15, -0.1) is 102 Å². The number of para-hydroxylation sites is 7. The predicted molar refractivity (Wildman–Crippen MR) is 658 cm³/mol. The van der Waals surface area contributed by atoms with E-state index < -0.39 is 0 Å². The van der Waals surface area contributed by atoms with Gasteiger partial charge >= 0.3 is 0 Å². The first-order valence-electron chi connectivity index (χ1n) is 49.8. The standard InChI is InChI=1S/C38H23NOS2.2C32H19NOS2.C32H19NS3/c1-2-10-24(11-3-1)27-12-4-7-15-32(27)39(25-19-21-34-31(22-25)28-13-5-8-16-33(28)40-34)26-18-20-30-36(23-26)42-37-29-14-6-9-17-35(29)41-38(30)37;2*1-2-8-20(9-3-1)33(21-15-17-28-26(18-21)23-10-4-6-12-27(23)34-28)22-14-16-25-30(19-22)36-31-24-11-5-7-13-29(24)35-32(25)31;1-2-8-20(9-3-1)33(21-14-16-24-23-10-4-6-12-27(23)34-29(24)18-21)22-15-17-26-30(19-22)36-31-25-11-5-7-13-28(25)35-32(26)31/h1-23H;3*1-19H. The Hall–Kier alpha value is -16.8. The highest BCUT2D eigenvalue weighted by Gasteiger charge is 2.27. The van der Waals surface area contributed by atoms with E-state index in [4.69, 9.17) is 13.3 Å². The first-order chi connectivity index (χ1) is 74.3. The van der Waals surface area contributed by atoms with Crippen LogP contribution >= 0.6 is 102 Å². The first-order valence-corrected chi connectivity index (χ1v) is 57.2. The first kappa shape index (κ1) is 88.4. The van der Waals surface area contributed by atoms with E-state index in [0.29, 0.717) is 0 Å². The molecule has 12 heterocycles. The summed E-state index contributed by atoms with van der Waals surface area (Å²) in [5.41, 5.74) is 21.6. The van der Waals surface area contributed by atoms with Gasteiger partial charge in [0.1, 0.15) is 33.5 Å². The molecule has 16 heteroatoms. The third kappa shape index (κ3) is 15.2. The van der Waals surface area contributed by atoms with Crippen molar-refractivity contribution in [1.29, 1.82) is 0 Å². The van der Waals surface area contributed by atoms with Gasteiger partial charge in [-0.25, -0.2) is 0 Å². The molecule has 21 aromatic carbocycles. The number of hydrogen-bond donors (Lipinski definition) is 0. The number of rotatable bonds is 13. The fourth-order valence-corrected chi connectivity index (χ4v) is 33.7. The molecular formula is C134H80N4O3S9. The highest BCUT2D eigenvalue weighted by Crippen LogP contribution is 2.55. The summed E-state index contributed by atoms with van der Waals surface area (Å²) in [6, 6.07) is 174. The summed E-state index contributed by atoms with van der Waals surface area (Å²) in [6.07, 6.45) is 0. The quantitative estimate of drug-likeness (QED) is 0.114. The minimum atomic E-state index is 0.900. The maximum Gasteiger partial charge on any atom is 0.135 e. The smallest absolute Gasteiger partial charge is 0.135 e. The van der Waals surface area contributed by atoms with Crippen LogP contribution in [0.15, 0.2) is 499 Å². The molecule has 0 aliphatic heterocycles. The number of anilines is 12. The number of hydrogen-bond acceptors (Lipinski definition) is 16. The molecule has 0 bridgehead atoms. The van der Waals surface area contributed by atoms with E-state index in [0.717, 1.165) is 117 Å². The Labute approximate surface area is 895 Å². The van der Waals surface area contributed by atoms with Crippen LogP contribution in [0.1, 0.15) is 0 Å². The number of thiophene rings is 9. The SMILES string of the molecule is c1ccc(-c2ccccc2N(c2ccc3c(c2)sc2c4ccccc4sc32)c2ccc3oc4ccccc4c3c2)cc1.c1ccc(N(c2ccc3c(c2)sc2c4ccccc4sc32)c2ccc3oc4ccccc4c3c2)cc1.c1ccc(N(c2ccc3c(c2)sc2c4ccccc4sc32)c2ccc3oc4ccccc4c3c2)cc1.c1ccc(N(c2ccc3c(c2)sc2ccccc23)c2ccc3c(c2)sc2c4ccccc4sc32)cc1. The van der Waals surface area contributed by atoms with Crippen LogP contribution in [0.25, 0.3) is 215 Å². The Morgan fingerprint density at radius 2 is 0.340 bits per heavy atom. The normalized spacial score (nSPS) is 11.9. The number of benzene rings is 21. The van der Waals surface area contributed by atoms with Crippen LogP contribution in [0.3, 0.4) is 0 Å². The van der Waals surface area contributed by atoms with Crippen molar-refractivity contribution in [3.8, 4) is 11.1 Å². The Kier molecular flexibility index (Phi) is 21.6. The lowest BCUT2D eigenvalue weighted by atomic mass is 10.0. The molecule has 0 saturated heterocycles. The maximum atomic E-state index is 6.19. The van der Waals surface area contributed by atoms with Crippen LogP contribution < -0.4 is 19.6 Å². The summed E-state index contributed by atoms with van der Waals surface area (Å²) < 4.78 is 42.9. The van der Waals surface area contributed by atoms with Gasteiger partial charge in [-0.2, -0.15) is 0 Å². The molecular weight excluding hydrogens is 2000 g/mol. The van der Waals surface area contributed by atoms with Crippen molar-refractivity contribution in [1.82, 2.24) is 0 Å². The monoisotopic (exact) mass is 2080 g/mol. The third-order valence-electron chi connectivity index (χ3n) is 28.7. The Bertz CT molecular complexity index is 10800. The molecule has 0 unspecified atom stereocenters. The van der Waals surface area contributed by atoms with Crippen molar-refractivity contribution in [2.75, 3.05) is 19.6 Å². The lowest BCUT2D eigenvalue weighted by Crippen LogP contribution is -2.11. The van der Waals surface area contributed by atoms with Crippen molar-refractivity contribution in [3.63, 3.8) is 0 Å². The molecule has 7 nitrogen and oxygen atoms in total. The van der Waals surface area contributed by atoms with Crippen molar-refractivity contribution >= 4 is 375 Å². The van der Waals surface area contributed by atoms with Crippen molar-refractivity contribution < 1.29 is 13.3 Å². The van der Waals surface area contributed by atoms with Crippen molar-refractivity contribution in [2.45, 2.75) is 0 Å². The van der Waals surface area contributed by atoms with Gasteiger partial charge in [0.2, 0.25) is 0 Å². The van der Waals surface area contributed by atoms with Crippen molar-refractivity contribution in [3.05, 3.63) is 485 Å². The summed E-state index contributed by atoms with van der Waals surface area (Å²) >= 11 is 17.1. The highest BCUT2D eigenvalue weighted by atomic mass is 32.1. The van der Waals surface area contributed by atoms with Crippen LogP contribution in [-0.4, -0.2) is 0 Å². The van der Waals surface area contributed by atoms with E-state index in [1.165, 1.54) is 167 Å². The van der Waals surface area contributed by atoms with Crippen LogP contribution in [-0.2, 0) is 0 Å². The van der Waals surface area contributed by atoms with Crippen LogP contribution in [0.4, 0.5) is 68.2 Å². The average molecular weight is 2080 g/mol. The van der Waals surface area contributed by atoms with E-state index in [1.54, 1.807) is 0 Å². The molecule has 12 aromatic heterocycles. The van der Waals surface area contributed by atoms with Crippen LogP contribution in [0, 0.1) is 0 Å². The Morgan fingerprint density at radius 1 is 0.127 bits per heavy atom. The van der Waals surface area contributed by atoms with E-state index in [-0.39, 0.29) is 0 Å². The Morgan fingerprint density at radius 3 is 0.680 bits per heavy atom. The molecule has 0 aliphatic rings. The van der Waals surface area contributed by atoms with Gasteiger partial charge in [-0.3, -0.25) is 0 Å². The molecule has 33 rings (SSSR count). The summed E-state index contributed by atoms with van der Waals surface area (Å²) in [7, 11) is 0. The summed E-state index contributed by atoms with van der Waals surface area (Å²) in [4.78, 5) is 9.46. The van der Waals surface area contributed by atoms with Gasteiger partial charge < -0.3 is 32.9 Å². The van der Waals surface area contributed by atoms with E-state index >= 15 is 0 Å². The van der Waals surface area contributed by atoms with Crippen LogP contribution in [0.2, 0.25) is 0 Å². The van der Waals surface area contributed by atoms with E-state index in [2.05, 4.69) is 469 Å². The minimum absolute atomic E-state index is 0.900. The van der Waals surface area contributed by atoms with Gasteiger partial charge in [0.25, 0.3) is 0 Å². The number of fused-ring (bicyclic) bond motifs is 32. The second-order valence-corrected chi connectivity index (χ2v) is 47.0. The summed E-state index contributed by atoms with van der Waals surface area (Å²) in [6.45, 7) is 0. The molecule has 0 fully saturated rings. The van der Waals surface area contributed by atoms with E-state index in [1.807, 2.05) is 138 Å². The van der Waals surface area contributed by atoms with Gasteiger partial charge in [0, 0.05) is 201 Å². The van der Waals surface area contributed by atoms with Crippen LogP contribution in [0.5, 0.6) is 0 Å². The molecule has 0 N–H and O–H groups in total. The van der Waals surface area contributed by atoms with Crippen molar-refractivity contribution in [2.24, 2.45) is 0 Å². The molecule has 150 heavy (non-hydrogen) atoms. The molecule has 0 spiro atoms. The predicted octanol–water partition coefficient (Wildman–Crippen LogP) is 44.7. The fourth-order valence-electron chi connectivity index (χ4n) is 21.8. The van der Waals surface area contributed by atoms with E-state index in [9.17, 15) is 0 Å².